The standard InChI is InChI=1S/C16H20IOSi/c1-18-14-11-8-12-15(19(2,3)4)16(14)17-13-9-6-5-7-10-13/h5-12H,1-4H3/q+1. The van der Waals surface area contributed by atoms with Gasteiger partial charge < -0.3 is 4.74 Å². The van der Waals surface area contributed by atoms with Crippen LogP contribution in [0.5, 0.6) is 5.75 Å². The highest BCUT2D eigenvalue weighted by Crippen LogP contribution is 2.11. The molecule has 0 aliphatic carbocycles. The molecule has 2 rings (SSSR count). The zero-order valence-corrected chi connectivity index (χ0v) is 15.1. The number of benzene rings is 2. The number of methoxy groups -OCH3 is 1. The molecular formula is C16H20IOSi+. The molecule has 0 aromatic heterocycles. The maximum Gasteiger partial charge on any atom is 0.361 e. The Kier molecular flexibility index (Phi) is 4.68. The van der Waals surface area contributed by atoms with Gasteiger partial charge in [0.25, 0.3) is 0 Å². The molecule has 0 atom stereocenters. The van der Waals surface area contributed by atoms with E-state index in [0.717, 1.165) is 5.75 Å². The van der Waals surface area contributed by atoms with Crippen LogP contribution in [0, 0.1) is 7.14 Å². The molecular weight excluding hydrogens is 363 g/mol. The Balaban J connectivity index is 2.48. The first kappa shape index (κ1) is 14.6. The second-order valence-electron chi connectivity index (χ2n) is 5.46. The van der Waals surface area contributed by atoms with Gasteiger partial charge in [-0.25, -0.2) is 0 Å². The molecule has 0 amide bonds. The summed E-state index contributed by atoms with van der Waals surface area (Å²) < 4.78 is 8.52. The van der Waals surface area contributed by atoms with Gasteiger partial charge in [-0.3, -0.25) is 0 Å². The third kappa shape index (κ3) is 3.60. The quantitative estimate of drug-likeness (QED) is 0.548. The Bertz CT molecular complexity index is 546. The van der Waals surface area contributed by atoms with E-state index in [9.17, 15) is 0 Å². The molecule has 0 aliphatic heterocycles. The summed E-state index contributed by atoms with van der Waals surface area (Å²) in [5.41, 5.74) is 0. The lowest BCUT2D eigenvalue weighted by atomic mass is 10.3. The van der Waals surface area contributed by atoms with Gasteiger partial charge in [0.15, 0.2) is 9.32 Å². The van der Waals surface area contributed by atoms with E-state index in [-0.39, 0.29) is 21.2 Å². The van der Waals surface area contributed by atoms with E-state index in [1.165, 1.54) is 7.14 Å². The summed E-state index contributed by atoms with van der Waals surface area (Å²) in [6.07, 6.45) is 0. The Morgan fingerprint density at radius 1 is 0.895 bits per heavy atom. The predicted octanol–water partition coefficient (Wildman–Crippen LogP) is 0.369. The lowest BCUT2D eigenvalue weighted by Crippen LogP contribution is -3.62. The molecule has 2 aromatic rings. The van der Waals surface area contributed by atoms with Gasteiger partial charge in [0.2, 0.25) is 3.57 Å². The van der Waals surface area contributed by atoms with E-state index in [1.807, 2.05) is 0 Å². The van der Waals surface area contributed by atoms with E-state index in [4.69, 9.17) is 4.74 Å². The maximum atomic E-state index is 5.60. The lowest BCUT2D eigenvalue weighted by Gasteiger charge is -2.17. The summed E-state index contributed by atoms with van der Waals surface area (Å²) in [5.74, 6) is 1.07. The van der Waals surface area contributed by atoms with E-state index in [1.54, 1.807) is 12.3 Å². The van der Waals surface area contributed by atoms with Gasteiger partial charge in [-0.15, -0.1) is 0 Å². The fourth-order valence-corrected chi connectivity index (χ4v) is 8.59. The van der Waals surface area contributed by atoms with Crippen LogP contribution < -0.4 is 31.1 Å². The molecule has 100 valence electrons. The van der Waals surface area contributed by atoms with Crippen LogP contribution in [0.15, 0.2) is 48.5 Å². The van der Waals surface area contributed by atoms with Crippen LogP contribution in [0.25, 0.3) is 0 Å². The van der Waals surface area contributed by atoms with Gasteiger partial charge in [-0.1, -0.05) is 50.0 Å². The topological polar surface area (TPSA) is 9.23 Å². The van der Waals surface area contributed by atoms with Crippen molar-refractivity contribution in [1.29, 1.82) is 0 Å². The van der Waals surface area contributed by atoms with Crippen LogP contribution in [0.2, 0.25) is 19.6 Å². The summed E-state index contributed by atoms with van der Waals surface area (Å²) >= 11 is -0.177. The van der Waals surface area contributed by atoms with Crippen molar-refractivity contribution in [3.8, 4) is 5.75 Å². The average molecular weight is 383 g/mol. The fourth-order valence-electron chi connectivity index (χ4n) is 1.93. The molecule has 19 heavy (non-hydrogen) atoms. The first-order valence-corrected chi connectivity index (χ1v) is 12.1. The SMILES string of the molecule is COc1cccc([Si](C)(C)C)c1[I+]c1ccccc1. The second-order valence-corrected chi connectivity index (χ2v) is 13.4. The minimum Gasteiger partial charge on any atom is -0.492 e. The monoisotopic (exact) mass is 383 g/mol. The van der Waals surface area contributed by atoms with E-state index in [0.29, 0.717) is 0 Å². The fraction of sp³-hybridized carbons (Fsp3) is 0.250. The molecule has 3 heteroatoms. The van der Waals surface area contributed by atoms with E-state index in [2.05, 4.69) is 68.2 Å². The molecule has 0 fully saturated rings. The largest absolute Gasteiger partial charge is 0.492 e. The van der Waals surface area contributed by atoms with Gasteiger partial charge in [0.05, 0.1) is 15.2 Å². The third-order valence-corrected chi connectivity index (χ3v) is 8.46. The summed E-state index contributed by atoms with van der Waals surface area (Å²) in [7, 11) is 0.447. The van der Waals surface area contributed by atoms with Crippen molar-refractivity contribution < 1.29 is 25.9 Å². The zero-order valence-electron chi connectivity index (χ0n) is 11.9. The summed E-state index contributed by atoms with van der Waals surface area (Å²) in [5, 5.41) is 1.54. The van der Waals surface area contributed by atoms with Gasteiger partial charge in [-0.2, -0.15) is 0 Å². The molecule has 0 saturated carbocycles. The van der Waals surface area contributed by atoms with Gasteiger partial charge in [0.1, 0.15) is 0 Å². The number of hydrogen-bond donors (Lipinski definition) is 0. The molecule has 0 radical (unpaired) electrons. The number of halogens is 1. The van der Waals surface area contributed by atoms with Crippen LogP contribution in [0.4, 0.5) is 0 Å². The van der Waals surface area contributed by atoms with Crippen molar-refractivity contribution in [2.24, 2.45) is 0 Å². The minimum atomic E-state index is -1.33. The molecule has 0 N–H and O–H groups in total. The highest BCUT2D eigenvalue weighted by molar-refractivity contribution is 6.88. The molecule has 0 aliphatic rings. The van der Waals surface area contributed by atoms with Crippen molar-refractivity contribution in [2.45, 2.75) is 19.6 Å². The maximum absolute atomic E-state index is 5.60. The van der Waals surface area contributed by atoms with Crippen LogP contribution >= 0.6 is 0 Å². The van der Waals surface area contributed by atoms with E-state index < -0.39 is 8.07 Å². The van der Waals surface area contributed by atoms with Crippen LogP contribution in [-0.2, 0) is 0 Å². The predicted molar refractivity (Wildman–Crippen MR) is 79.8 cm³/mol. The number of rotatable bonds is 4. The summed E-state index contributed by atoms with van der Waals surface area (Å²) in [4.78, 5) is 0. The Morgan fingerprint density at radius 3 is 2.16 bits per heavy atom. The van der Waals surface area contributed by atoms with Gasteiger partial charge in [-0.05, 0) is 23.4 Å². The Morgan fingerprint density at radius 2 is 1.58 bits per heavy atom. The van der Waals surface area contributed by atoms with Crippen LogP contribution in [0.1, 0.15) is 0 Å². The number of hydrogen-bond acceptors (Lipinski definition) is 1. The minimum absolute atomic E-state index is 0.177. The lowest BCUT2D eigenvalue weighted by molar-refractivity contribution is -0.596. The van der Waals surface area contributed by atoms with Gasteiger partial charge >= 0.3 is 21.2 Å². The van der Waals surface area contributed by atoms with Crippen LogP contribution in [-0.4, -0.2) is 15.2 Å². The highest BCUT2D eigenvalue weighted by atomic mass is 127. The zero-order chi connectivity index (χ0) is 13.9. The Labute approximate surface area is 127 Å². The summed E-state index contributed by atoms with van der Waals surface area (Å²) in [6.45, 7) is 7.21. The molecule has 0 saturated heterocycles. The van der Waals surface area contributed by atoms with E-state index >= 15 is 0 Å². The second kappa shape index (κ2) is 6.09. The summed E-state index contributed by atoms with van der Waals surface area (Å²) in [6, 6.07) is 17.3. The van der Waals surface area contributed by atoms with Crippen molar-refractivity contribution in [3.05, 3.63) is 55.7 Å². The highest BCUT2D eigenvalue weighted by Gasteiger charge is 2.31. The molecule has 0 heterocycles. The molecule has 0 spiro atoms. The first-order chi connectivity index (χ1) is 9.02. The first-order valence-electron chi connectivity index (χ1n) is 6.40. The number of ether oxygens (including phenoxy) is 1. The third-order valence-electron chi connectivity index (χ3n) is 2.93. The van der Waals surface area contributed by atoms with Crippen molar-refractivity contribution in [2.75, 3.05) is 7.11 Å². The van der Waals surface area contributed by atoms with Crippen molar-refractivity contribution >= 4 is 13.3 Å². The van der Waals surface area contributed by atoms with Crippen molar-refractivity contribution in [1.82, 2.24) is 0 Å². The molecule has 2 aromatic carbocycles. The van der Waals surface area contributed by atoms with Crippen LogP contribution in [0.3, 0.4) is 0 Å². The molecule has 1 nitrogen and oxygen atoms in total. The molecule has 0 unspecified atom stereocenters. The average Bonchev–Trinajstić information content (AvgIpc) is 2.39. The van der Waals surface area contributed by atoms with Gasteiger partial charge in [0, 0.05) is 0 Å². The van der Waals surface area contributed by atoms with Crippen molar-refractivity contribution in [3.63, 3.8) is 0 Å². The smallest absolute Gasteiger partial charge is 0.361 e. The molecule has 0 bridgehead atoms. The Hall–Kier alpha value is -0.813. The normalized spacial score (nSPS) is 11.4.